The first kappa shape index (κ1) is 9.85. The Hall–Kier alpha value is -2.35. The fourth-order valence-electron chi connectivity index (χ4n) is 2.07. The van der Waals surface area contributed by atoms with E-state index in [1.54, 1.807) is 6.20 Å². The van der Waals surface area contributed by atoms with Gasteiger partial charge in [-0.1, -0.05) is 42.5 Å². The van der Waals surface area contributed by atoms with Crippen LogP contribution in [-0.4, -0.2) is 4.98 Å². The maximum Gasteiger partial charge on any atom is 0.0937 e. The smallest absolute Gasteiger partial charge is 0.0937 e. The van der Waals surface area contributed by atoms with Crippen LogP contribution >= 0.6 is 0 Å². The number of nitrogens with zero attached hydrogens (tertiary/aromatic N) is 1. The van der Waals surface area contributed by atoms with Gasteiger partial charge in [-0.25, -0.2) is 0 Å². The van der Waals surface area contributed by atoms with Crippen LogP contribution < -0.4 is 5.73 Å². The van der Waals surface area contributed by atoms with Gasteiger partial charge in [0.2, 0.25) is 0 Å². The van der Waals surface area contributed by atoms with Crippen LogP contribution in [0.3, 0.4) is 0 Å². The lowest BCUT2D eigenvalue weighted by molar-refractivity contribution is 1.41. The van der Waals surface area contributed by atoms with Crippen molar-refractivity contribution in [2.75, 3.05) is 5.73 Å². The molecule has 0 spiro atoms. The maximum atomic E-state index is 5.94. The highest BCUT2D eigenvalue weighted by Crippen LogP contribution is 2.29. The van der Waals surface area contributed by atoms with E-state index < -0.39 is 0 Å². The molecule has 2 N–H and O–H groups in total. The molecule has 0 saturated heterocycles. The normalized spacial score (nSPS) is 10.6. The van der Waals surface area contributed by atoms with Gasteiger partial charge in [-0.05, 0) is 23.3 Å². The minimum atomic E-state index is 0.722. The van der Waals surface area contributed by atoms with Gasteiger partial charge >= 0.3 is 0 Å². The van der Waals surface area contributed by atoms with Gasteiger partial charge in [0.25, 0.3) is 0 Å². The molecule has 0 atom stereocenters. The predicted molar refractivity (Wildman–Crippen MR) is 71.6 cm³/mol. The van der Waals surface area contributed by atoms with Crippen LogP contribution in [0.2, 0.25) is 0 Å². The third-order valence-electron chi connectivity index (χ3n) is 2.89. The monoisotopic (exact) mass is 220 g/mol. The van der Waals surface area contributed by atoms with Crippen molar-refractivity contribution >= 4 is 16.6 Å². The lowest BCUT2D eigenvalue weighted by atomic mass is 10.0. The first-order chi connectivity index (χ1) is 8.36. The Labute approximate surface area is 99.7 Å². The Balaban J connectivity index is 2.35. The van der Waals surface area contributed by atoms with E-state index in [1.807, 2.05) is 36.4 Å². The molecular weight excluding hydrogens is 208 g/mol. The largest absolute Gasteiger partial charge is 0.397 e. The number of hydrogen-bond donors (Lipinski definition) is 1. The quantitative estimate of drug-likeness (QED) is 0.637. The highest BCUT2D eigenvalue weighted by Gasteiger charge is 2.05. The fourth-order valence-corrected chi connectivity index (χ4v) is 2.07. The highest BCUT2D eigenvalue weighted by atomic mass is 14.7. The number of benzene rings is 2. The number of nitrogens with two attached hydrogens (primary N) is 1. The lowest BCUT2D eigenvalue weighted by Gasteiger charge is -2.07. The van der Waals surface area contributed by atoms with E-state index in [0.29, 0.717) is 0 Å². The van der Waals surface area contributed by atoms with E-state index >= 15 is 0 Å². The predicted octanol–water partition coefficient (Wildman–Crippen LogP) is 3.48. The van der Waals surface area contributed by atoms with Gasteiger partial charge in [0, 0.05) is 11.6 Å². The standard InChI is InChI=1S/C15H12N2/c16-14-8-4-7-13-12(9-10-17-15(13)14)11-5-2-1-3-6-11/h1-10H,16H2. The molecule has 17 heavy (non-hydrogen) atoms. The molecule has 0 bridgehead atoms. The van der Waals surface area contributed by atoms with Crippen LogP contribution in [0.4, 0.5) is 5.69 Å². The number of aromatic nitrogens is 1. The molecule has 0 unspecified atom stereocenters. The number of para-hydroxylation sites is 1. The Morgan fingerprint density at radius 2 is 1.65 bits per heavy atom. The average Bonchev–Trinajstić information content (AvgIpc) is 2.40. The molecule has 2 nitrogen and oxygen atoms in total. The number of hydrogen-bond acceptors (Lipinski definition) is 2. The van der Waals surface area contributed by atoms with Crippen LogP contribution in [0.15, 0.2) is 60.8 Å². The second kappa shape index (κ2) is 3.91. The van der Waals surface area contributed by atoms with Crippen LogP contribution in [-0.2, 0) is 0 Å². The molecule has 0 aliphatic rings. The van der Waals surface area contributed by atoms with Gasteiger partial charge in [-0.2, -0.15) is 0 Å². The van der Waals surface area contributed by atoms with Crippen LogP contribution in [0.5, 0.6) is 0 Å². The number of nitrogen functional groups attached to an aromatic ring is 1. The molecule has 2 heteroatoms. The van der Waals surface area contributed by atoms with E-state index in [9.17, 15) is 0 Å². The Kier molecular flexibility index (Phi) is 2.26. The summed E-state index contributed by atoms with van der Waals surface area (Å²) in [7, 11) is 0. The van der Waals surface area contributed by atoms with Crippen molar-refractivity contribution in [2.24, 2.45) is 0 Å². The maximum absolute atomic E-state index is 5.94. The second-order valence-corrected chi connectivity index (χ2v) is 3.97. The molecular formula is C15H12N2. The lowest BCUT2D eigenvalue weighted by Crippen LogP contribution is -1.90. The van der Waals surface area contributed by atoms with Crippen molar-refractivity contribution in [3.05, 3.63) is 60.8 Å². The Bertz CT molecular complexity index is 660. The Morgan fingerprint density at radius 1 is 0.824 bits per heavy atom. The van der Waals surface area contributed by atoms with Crippen molar-refractivity contribution < 1.29 is 0 Å². The third-order valence-corrected chi connectivity index (χ3v) is 2.89. The van der Waals surface area contributed by atoms with Crippen molar-refractivity contribution in [3.8, 4) is 11.1 Å². The molecule has 1 aromatic heterocycles. The first-order valence-electron chi connectivity index (χ1n) is 5.55. The van der Waals surface area contributed by atoms with Gasteiger partial charge in [-0.3, -0.25) is 4.98 Å². The van der Waals surface area contributed by atoms with E-state index in [-0.39, 0.29) is 0 Å². The first-order valence-corrected chi connectivity index (χ1v) is 5.55. The summed E-state index contributed by atoms with van der Waals surface area (Å²) >= 11 is 0. The summed E-state index contributed by atoms with van der Waals surface area (Å²) in [5.41, 5.74) is 9.89. The van der Waals surface area contributed by atoms with E-state index in [4.69, 9.17) is 5.73 Å². The molecule has 0 saturated carbocycles. The second-order valence-electron chi connectivity index (χ2n) is 3.97. The molecule has 3 aromatic rings. The van der Waals surface area contributed by atoms with E-state index in [2.05, 4.69) is 23.2 Å². The number of fused-ring (bicyclic) bond motifs is 1. The Morgan fingerprint density at radius 3 is 2.47 bits per heavy atom. The summed E-state index contributed by atoms with van der Waals surface area (Å²) in [6.07, 6.45) is 1.81. The molecule has 0 radical (unpaired) electrons. The van der Waals surface area contributed by atoms with Crippen molar-refractivity contribution in [1.29, 1.82) is 0 Å². The number of pyridine rings is 1. The summed E-state index contributed by atoms with van der Waals surface area (Å²) in [5, 5.41) is 1.10. The molecule has 1 heterocycles. The van der Waals surface area contributed by atoms with Crippen LogP contribution in [0.1, 0.15) is 0 Å². The molecule has 82 valence electrons. The van der Waals surface area contributed by atoms with Gasteiger partial charge in [0.15, 0.2) is 0 Å². The molecule has 0 aliphatic carbocycles. The molecule has 0 aliphatic heterocycles. The summed E-state index contributed by atoms with van der Waals surface area (Å²) in [6, 6.07) is 18.2. The minimum Gasteiger partial charge on any atom is -0.397 e. The summed E-state index contributed by atoms with van der Waals surface area (Å²) in [6.45, 7) is 0. The highest BCUT2D eigenvalue weighted by molar-refractivity contribution is 5.99. The fraction of sp³-hybridized carbons (Fsp3) is 0. The zero-order valence-electron chi connectivity index (χ0n) is 9.30. The topological polar surface area (TPSA) is 38.9 Å². The molecule has 3 rings (SSSR count). The molecule has 0 fully saturated rings. The van der Waals surface area contributed by atoms with Gasteiger partial charge in [-0.15, -0.1) is 0 Å². The van der Waals surface area contributed by atoms with Crippen molar-refractivity contribution in [2.45, 2.75) is 0 Å². The zero-order chi connectivity index (χ0) is 11.7. The van der Waals surface area contributed by atoms with E-state index in [1.165, 1.54) is 11.1 Å². The summed E-state index contributed by atoms with van der Waals surface area (Å²) in [5.74, 6) is 0. The van der Waals surface area contributed by atoms with E-state index in [0.717, 1.165) is 16.6 Å². The van der Waals surface area contributed by atoms with Crippen LogP contribution in [0.25, 0.3) is 22.0 Å². The van der Waals surface area contributed by atoms with Gasteiger partial charge < -0.3 is 5.73 Å². The number of rotatable bonds is 1. The van der Waals surface area contributed by atoms with Crippen molar-refractivity contribution in [1.82, 2.24) is 4.98 Å². The third kappa shape index (κ3) is 1.64. The van der Waals surface area contributed by atoms with Gasteiger partial charge in [0.1, 0.15) is 0 Å². The van der Waals surface area contributed by atoms with Gasteiger partial charge in [0.05, 0.1) is 11.2 Å². The van der Waals surface area contributed by atoms with Crippen LogP contribution in [0, 0.1) is 0 Å². The molecule has 2 aromatic carbocycles. The molecule has 0 amide bonds. The SMILES string of the molecule is Nc1cccc2c(-c3ccccc3)ccnc12. The minimum absolute atomic E-state index is 0.722. The summed E-state index contributed by atoms with van der Waals surface area (Å²) in [4.78, 5) is 4.34. The number of anilines is 1. The average molecular weight is 220 g/mol. The van der Waals surface area contributed by atoms with Crippen molar-refractivity contribution in [3.63, 3.8) is 0 Å². The summed E-state index contributed by atoms with van der Waals surface area (Å²) < 4.78 is 0. The zero-order valence-corrected chi connectivity index (χ0v) is 9.30.